The van der Waals surface area contributed by atoms with Crippen molar-refractivity contribution in [1.29, 1.82) is 0 Å². The summed E-state index contributed by atoms with van der Waals surface area (Å²) in [6.45, 7) is 5.57. The molecule has 24 heavy (non-hydrogen) atoms. The molecule has 126 valence electrons. The number of Topliss-reactive ketones (excluding diaryl/α,β-unsaturated/α-hetero) is 1. The molecule has 0 saturated carbocycles. The van der Waals surface area contributed by atoms with Gasteiger partial charge in [0.25, 0.3) is 0 Å². The van der Waals surface area contributed by atoms with Crippen molar-refractivity contribution in [2.24, 2.45) is 10.5 Å². The van der Waals surface area contributed by atoms with Gasteiger partial charge in [0.15, 0.2) is 5.84 Å². The molecular weight excluding hydrogens is 390 g/mol. The lowest BCUT2D eigenvalue weighted by atomic mass is 9.90. The van der Waals surface area contributed by atoms with Gasteiger partial charge in [-0.05, 0) is 48.5 Å². The fourth-order valence-corrected chi connectivity index (χ4v) is 2.20. The third-order valence-corrected chi connectivity index (χ3v) is 3.92. The van der Waals surface area contributed by atoms with E-state index in [9.17, 15) is 4.79 Å². The number of hydrogen-bond acceptors (Lipinski definition) is 3. The Bertz CT molecular complexity index is 734. The Morgan fingerprint density at radius 2 is 1.54 bits per heavy atom. The number of nitrogens with one attached hydrogen (secondary N) is 2. The van der Waals surface area contributed by atoms with Gasteiger partial charge in [-0.3, -0.25) is 10.2 Å². The van der Waals surface area contributed by atoms with E-state index in [-0.39, 0.29) is 11.6 Å². The molecule has 2 aromatic rings. The first-order valence-corrected chi connectivity index (χ1v) is 8.59. The summed E-state index contributed by atoms with van der Waals surface area (Å²) in [5.41, 5.74) is 3.89. The van der Waals surface area contributed by atoms with Crippen molar-refractivity contribution in [3.05, 3.63) is 58.0 Å². The van der Waals surface area contributed by atoms with Crippen molar-refractivity contribution in [1.82, 2.24) is 0 Å². The van der Waals surface area contributed by atoms with E-state index in [0.717, 1.165) is 15.8 Å². The largest absolute Gasteiger partial charge is 0.336 e. The zero-order chi connectivity index (χ0) is 17.7. The van der Waals surface area contributed by atoms with E-state index < -0.39 is 5.41 Å². The summed E-state index contributed by atoms with van der Waals surface area (Å²) in [4.78, 5) is 12.6. The van der Waals surface area contributed by atoms with Crippen molar-refractivity contribution in [2.75, 3.05) is 10.7 Å². The molecule has 0 unspecified atom stereocenters. The molecule has 4 nitrogen and oxygen atoms in total. The van der Waals surface area contributed by atoms with E-state index in [1.54, 1.807) is 24.3 Å². The van der Waals surface area contributed by atoms with Crippen molar-refractivity contribution in [2.45, 2.75) is 20.8 Å². The third-order valence-electron chi connectivity index (χ3n) is 3.14. The van der Waals surface area contributed by atoms with E-state index in [2.05, 4.69) is 31.8 Å². The third kappa shape index (κ3) is 5.35. The van der Waals surface area contributed by atoms with Crippen LogP contribution >= 0.6 is 27.5 Å². The van der Waals surface area contributed by atoms with E-state index >= 15 is 0 Å². The van der Waals surface area contributed by atoms with Gasteiger partial charge in [-0.25, -0.2) is 0 Å². The minimum atomic E-state index is -0.556. The number of carbonyl (C=O) groups is 1. The quantitative estimate of drug-likeness (QED) is 0.396. The van der Waals surface area contributed by atoms with Gasteiger partial charge in [0.1, 0.15) is 0 Å². The van der Waals surface area contributed by atoms with Crippen molar-refractivity contribution >= 4 is 50.5 Å². The second kappa shape index (κ2) is 7.81. The summed E-state index contributed by atoms with van der Waals surface area (Å²) in [5.74, 6) is 0.148. The Balaban J connectivity index is 2.24. The Kier molecular flexibility index (Phi) is 6.02. The number of benzene rings is 2. The van der Waals surface area contributed by atoms with Crippen LogP contribution in [0.1, 0.15) is 20.8 Å². The maximum absolute atomic E-state index is 12.6. The van der Waals surface area contributed by atoms with Crippen LogP contribution in [-0.4, -0.2) is 11.6 Å². The average molecular weight is 409 g/mol. The number of rotatable bonds is 4. The van der Waals surface area contributed by atoms with Gasteiger partial charge in [-0.1, -0.05) is 48.3 Å². The topological polar surface area (TPSA) is 53.5 Å². The molecule has 2 N–H and O–H groups in total. The maximum atomic E-state index is 12.6. The molecule has 0 atom stereocenters. The van der Waals surface area contributed by atoms with Gasteiger partial charge in [-0.15, -0.1) is 0 Å². The average Bonchev–Trinajstić information content (AvgIpc) is 2.53. The van der Waals surface area contributed by atoms with Crippen LogP contribution in [0.2, 0.25) is 5.02 Å². The molecule has 0 heterocycles. The summed E-state index contributed by atoms with van der Waals surface area (Å²) >= 11 is 9.28. The molecule has 0 saturated heterocycles. The molecule has 0 aliphatic carbocycles. The van der Waals surface area contributed by atoms with Crippen LogP contribution in [-0.2, 0) is 4.79 Å². The number of hydrogen-bond donors (Lipinski definition) is 2. The van der Waals surface area contributed by atoms with Gasteiger partial charge in [0, 0.05) is 20.6 Å². The summed E-state index contributed by atoms with van der Waals surface area (Å²) in [7, 11) is 0. The lowest BCUT2D eigenvalue weighted by Gasteiger charge is -2.19. The van der Waals surface area contributed by atoms with Crippen molar-refractivity contribution in [3.63, 3.8) is 0 Å². The molecule has 0 amide bonds. The lowest BCUT2D eigenvalue weighted by Crippen LogP contribution is -2.34. The Hall–Kier alpha value is -1.85. The first-order valence-electron chi connectivity index (χ1n) is 7.42. The minimum absolute atomic E-state index is 0.0953. The van der Waals surface area contributed by atoms with Crippen LogP contribution in [0.15, 0.2) is 58.1 Å². The predicted molar refractivity (Wildman–Crippen MR) is 105 cm³/mol. The first kappa shape index (κ1) is 18.5. The van der Waals surface area contributed by atoms with E-state index in [4.69, 9.17) is 11.6 Å². The number of ketones is 1. The summed E-state index contributed by atoms with van der Waals surface area (Å²) < 4.78 is 0.974. The summed E-state index contributed by atoms with van der Waals surface area (Å²) in [6, 6.07) is 14.6. The van der Waals surface area contributed by atoms with E-state index in [1.807, 2.05) is 45.0 Å². The molecule has 2 aromatic carbocycles. The van der Waals surface area contributed by atoms with Crippen LogP contribution in [0, 0.1) is 5.41 Å². The van der Waals surface area contributed by atoms with Gasteiger partial charge in [-0.2, -0.15) is 5.10 Å². The molecular formula is C18H19BrClN3O. The zero-order valence-corrected chi connectivity index (χ0v) is 16.1. The predicted octanol–water partition coefficient (Wildman–Crippen LogP) is 5.56. The molecule has 6 heteroatoms. The molecule has 0 aliphatic heterocycles. The monoisotopic (exact) mass is 407 g/mol. The van der Waals surface area contributed by atoms with Crippen LogP contribution in [0.5, 0.6) is 0 Å². The highest BCUT2D eigenvalue weighted by Crippen LogP contribution is 2.19. The van der Waals surface area contributed by atoms with Gasteiger partial charge in [0.05, 0.1) is 5.69 Å². The Labute approximate surface area is 155 Å². The van der Waals surface area contributed by atoms with E-state index in [1.165, 1.54) is 0 Å². The molecule has 0 radical (unpaired) electrons. The number of hydrazone groups is 1. The maximum Gasteiger partial charge on any atom is 0.205 e. The van der Waals surface area contributed by atoms with Crippen molar-refractivity contribution < 1.29 is 4.79 Å². The van der Waals surface area contributed by atoms with Crippen molar-refractivity contribution in [3.8, 4) is 0 Å². The van der Waals surface area contributed by atoms with Crippen LogP contribution in [0.3, 0.4) is 0 Å². The fourth-order valence-electron chi connectivity index (χ4n) is 1.81. The molecule has 0 aliphatic rings. The van der Waals surface area contributed by atoms with Crippen LogP contribution < -0.4 is 10.7 Å². The number of carbonyl (C=O) groups excluding carboxylic acids is 1. The zero-order valence-electron chi connectivity index (χ0n) is 13.7. The normalized spacial score (nSPS) is 12.0. The second-order valence-corrected chi connectivity index (χ2v) is 7.64. The van der Waals surface area contributed by atoms with Gasteiger partial charge in [0.2, 0.25) is 5.78 Å². The Morgan fingerprint density at radius 1 is 1.00 bits per heavy atom. The highest BCUT2D eigenvalue weighted by molar-refractivity contribution is 9.10. The van der Waals surface area contributed by atoms with E-state index in [0.29, 0.717) is 5.02 Å². The highest BCUT2D eigenvalue weighted by atomic mass is 79.9. The standard InChI is InChI=1S/C18H19BrClN3O/c1-18(2,3)16(24)17(21-14-10-6-13(20)7-11-14)23-22-15-8-4-12(19)5-9-15/h4-11,22H,1-3H3,(H,21,23). The summed E-state index contributed by atoms with van der Waals surface area (Å²) in [6.07, 6.45) is 0. The molecule has 0 bridgehead atoms. The number of anilines is 2. The second-order valence-electron chi connectivity index (χ2n) is 6.29. The number of nitrogens with zero attached hydrogens (tertiary/aromatic N) is 1. The number of halogens is 2. The first-order chi connectivity index (χ1) is 11.3. The lowest BCUT2D eigenvalue weighted by molar-refractivity contribution is -0.119. The number of amidine groups is 1. The van der Waals surface area contributed by atoms with Crippen LogP contribution in [0.25, 0.3) is 0 Å². The van der Waals surface area contributed by atoms with Gasteiger partial charge < -0.3 is 5.32 Å². The van der Waals surface area contributed by atoms with Crippen LogP contribution in [0.4, 0.5) is 11.4 Å². The molecule has 0 aromatic heterocycles. The molecule has 0 fully saturated rings. The highest BCUT2D eigenvalue weighted by Gasteiger charge is 2.27. The SMILES string of the molecule is CC(C)(C)C(=O)/C(=N/Nc1ccc(Br)cc1)Nc1ccc(Cl)cc1. The minimum Gasteiger partial charge on any atom is -0.336 e. The Morgan fingerprint density at radius 3 is 2.08 bits per heavy atom. The summed E-state index contributed by atoms with van der Waals surface area (Å²) in [5, 5.41) is 7.96. The molecule has 2 rings (SSSR count). The van der Waals surface area contributed by atoms with Gasteiger partial charge >= 0.3 is 0 Å². The fraction of sp³-hybridized carbons (Fsp3) is 0.222. The smallest absolute Gasteiger partial charge is 0.205 e. The molecule has 0 spiro atoms.